The molecule has 0 radical (unpaired) electrons. The number of anilines is 1. The maximum atomic E-state index is 12.3. The van der Waals surface area contributed by atoms with Gasteiger partial charge in [-0.05, 0) is 45.2 Å². The van der Waals surface area contributed by atoms with Crippen LogP contribution in [0.4, 0.5) is 5.69 Å². The van der Waals surface area contributed by atoms with Crippen LogP contribution in [0.5, 0.6) is 5.75 Å². The molecule has 0 spiro atoms. The van der Waals surface area contributed by atoms with E-state index in [1.54, 1.807) is 36.3 Å². The first kappa shape index (κ1) is 20.8. The second-order valence-electron chi connectivity index (χ2n) is 5.92. The number of nitrogens with one attached hydrogen (secondary N) is 1. The number of nitrogens with zero attached hydrogens (tertiary/aromatic N) is 4. The number of carbonyl (C=O) groups excluding carboxylic acids is 2. The molecule has 0 atom stereocenters. The summed E-state index contributed by atoms with van der Waals surface area (Å²) in [5.41, 5.74) is 0.652. The van der Waals surface area contributed by atoms with Crippen molar-refractivity contribution in [2.75, 3.05) is 39.1 Å². The Kier molecular flexibility index (Phi) is 7.68. The Hall–Kier alpha value is -2.52. The third-order valence-corrected chi connectivity index (χ3v) is 4.84. The lowest BCUT2D eigenvalue weighted by Crippen LogP contribution is -2.38. The van der Waals surface area contributed by atoms with E-state index >= 15 is 0 Å². The molecule has 0 fully saturated rings. The predicted octanol–water partition coefficient (Wildman–Crippen LogP) is 2.10. The van der Waals surface area contributed by atoms with E-state index < -0.39 is 0 Å². The van der Waals surface area contributed by atoms with E-state index in [-0.39, 0.29) is 16.8 Å². The highest BCUT2D eigenvalue weighted by molar-refractivity contribution is 7.13. The number of aromatic nitrogens is 2. The molecule has 2 rings (SSSR count). The molecule has 1 heterocycles. The summed E-state index contributed by atoms with van der Waals surface area (Å²) in [6.07, 6.45) is 0. The lowest BCUT2D eigenvalue weighted by Gasteiger charge is -2.22. The van der Waals surface area contributed by atoms with Crippen molar-refractivity contribution in [2.45, 2.75) is 20.4 Å². The van der Waals surface area contributed by atoms with Gasteiger partial charge in [0.1, 0.15) is 10.8 Å². The van der Waals surface area contributed by atoms with E-state index in [4.69, 9.17) is 4.74 Å². The first-order valence-electron chi connectivity index (χ1n) is 8.70. The van der Waals surface area contributed by atoms with Gasteiger partial charge in [0, 0.05) is 18.8 Å². The molecule has 0 saturated heterocycles. The van der Waals surface area contributed by atoms with Gasteiger partial charge in [0.05, 0.1) is 20.2 Å². The Morgan fingerprint density at radius 1 is 1.15 bits per heavy atom. The quantitative estimate of drug-likeness (QED) is 0.704. The third kappa shape index (κ3) is 6.00. The van der Waals surface area contributed by atoms with Crippen LogP contribution in [0.1, 0.15) is 28.7 Å². The molecule has 1 N–H and O–H groups in total. The molecule has 0 bridgehead atoms. The smallest absolute Gasteiger partial charge is 0.286 e. The van der Waals surface area contributed by atoms with Crippen molar-refractivity contribution in [1.29, 1.82) is 0 Å². The van der Waals surface area contributed by atoms with Gasteiger partial charge < -0.3 is 15.0 Å². The van der Waals surface area contributed by atoms with Crippen LogP contribution in [0.2, 0.25) is 0 Å². The summed E-state index contributed by atoms with van der Waals surface area (Å²) in [4.78, 5) is 28.1. The summed E-state index contributed by atoms with van der Waals surface area (Å²) in [5.74, 6) is 0.476. The van der Waals surface area contributed by atoms with Gasteiger partial charge >= 0.3 is 0 Å². The van der Waals surface area contributed by atoms with E-state index in [0.717, 1.165) is 0 Å². The van der Waals surface area contributed by atoms with Gasteiger partial charge in [0.25, 0.3) is 5.91 Å². The topological polar surface area (TPSA) is 87.7 Å². The number of benzene rings is 1. The number of likely N-dealkylation sites (N-methyl/N-ethyl adjacent to an activating group) is 2. The molecule has 1 aromatic carbocycles. The van der Waals surface area contributed by atoms with Gasteiger partial charge in [-0.2, -0.15) is 0 Å². The summed E-state index contributed by atoms with van der Waals surface area (Å²) in [6, 6.07) is 7.04. The van der Waals surface area contributed by atoms with Gasteiger partial charge in [-0.25, -0.2) is 0 Å². The van der Waals surface area contributed by atoms with Gasteiger partial charge in [0.2, 0.25) is 10.9 Å². The van der Waals surface area contributed by atoms with Crippen LogP contribution < -0.4 is 10.1 Å². The Morgan fingerprint density at radius 2 is 1.81 bits per heavy atom. The monoisotopic (exact) mass is 391 g/mol. The predicted molar refractivity (Wildman–Crippen MR) is 105 cm³/mol. The minimum atomic E-state index is -0.314. The highest BCUT2D eigenvalue weighted by atomic mass is 32.1. The van der Waals surface area contributed by atoms with E-state index in [9.17, 15) is 9.59 Å². The maximum Gasteiger partial charge on any atom is 0.286 e. The van der Waals surface area contributed by atoms with Crippen molar-refractivity contribution in [2.24, 2.45) is 0 Å². The number of ether oxygens (including phenoxy) is 1. The van der Waals surface area contributed by atoms with Crippen LogP contribution in [0.25, 0.3) is 0 Å². The molecule has 0 aliphatic carbocycles. The zero-order chi connectivity index (χ0) is 19.8. The molecule has 0 saturated carbocycles. The molecule has 2 amide bonds. The summed E-state index contributed by atoms with van der Waals surface area (Å²) < 4.78 is 5.09. The first-order valence-corrected chi connectivity index (χ1v) is 9.52. The number of hydrogen-bond acceptors (Lipinski definition) is 7. The fraction of sp³-hybridized carbons (Fsp3) is 0.444. The SMILES string of the molecule is CCN(CC)C(=O)CN(C)Cc1nnc(C(=O)Nc2ccc(OC)cc2)s1. The lowest BCUT2D eigenvalue weighted by atomic mass is 10.3. The Bertz CT molecular complexity index is 759. The van der Waals surface area contributed by atoms with Crippen molar-refractivity contribution in [3.8, 4) is 5.75 Å². The number of rotatable bonds is 9. The minimum Gasteiger partial charge on any atom is -0.497 e. The number of hydrogen-bond donors (Lipinski definition) is 1. The van der Waals surface area contributed by atoms with Gasteiger partial charge in [-0.1, -0.05) is 11.3 Å². The molecule has 0 aliphatic rings. The molecule has 1 aromatic heterocycles. The molecule has 146 valence electrons. The Labute approximate surface area is 163 Å². The van der Waals surface area contributed by atoms with Crippen LogP contribution in [0, 0.1) is 0 Å². The molecule has 0 unspecified atom stereocenters. The van der Waals surface area contributed by atoms with E-state index in [1.165, 1.54) is 11.3 Å². The van der Waals surface area contributed by atoms with Crippen LogP contribution >= 0.6 is 11.3 Å². The summed E-state index contributed by atoms with van der Waals surface area (Å²) >= 11 is 1.22. The van der Waals surface area contributed by atoms with Crippen molar-refractivity contribution in [3.05, 3.63) is 34.3 Å². The zero-order valence-corrected chi connectivity index (χ0v) is 16.9. The first-order chi connectivity index (χ1) is 13.0. The highest BCUT2D eigenvalue weighted by Crippen LogP contribution is 2.17. The summed E-state index contributed by atoms with van der Waals surface area (Å²) in [7, 11) is 3.43. The van der Waals surface area contributed by atoms with Crippen molar-refractivity contribution >= 4 is 28.8 Å². The average molecular weight is 391 g/mol. The van der Waals surface area contributed by atoms with Crippen molar-refractivity contribution < 1.29 is 14.3 Å². The number of amides is 2. The number of carbonyl (C=O) groups is 2. The largest absolute Gasteiger partial charge is 0.497 e. The normalized spacial score (nSPS) is 10.7. The van der Waals surface area contributed by atoms with Gasteiger partial charge in [-0.15, -0.1) is 10.2 Å². The zero-order valence-electron chi connectivity index (χ0n) is 16.1. The van der Waals surface area contributed by atoms with Crippen LogP contribution in [-0.2, 0) is 11.3 Å². The second kappa shape index (κ2) is 9.98. The minimum absolute atomic E-state index is 0.0736. The van der Waals surface area contributed by atoms with E-state index in [0.29, 0.717) is 42.6 Å². The molecular formula is C18H25N5O3S. The van der Waals surface area contributed by atoms with Gasteiger partial charge in [-0.3, -0.25) is 14.5 Å². The fourth-order valence-corrected chi connectivity index (χ4v) is 3.28. The maximum absolute atomic E-state index is 12.3. The third-order valence-electron chi connectivity index (χ3n) is 3.94. The van der Waals surface area contributed by atoms with E-state index in [1.807, 2.05) is 25.8 Å². The standard InChI is InChI=1S/C18H25N5O3S/c1-5-23(6-2)16(24)12-22(3)11-15-20-21-18(27-15)17(25)19-13-7-9-14(26-4)10-8-13/h7-10H,5-6,11-12H2,1-4H3,(H,19,25). The molecule has 0 aliphatic heterocycles. The summed E-state index contributed by atoms with van der Waals surface area (Å²) in [5, 5.41) is 11.8. The fourth-order valence-electron chi connectivity index (χ4n) is 2.46. The Morgan fingerprint density at radius 3 is 2.41 bits per heavy atom. The van der Waals surface area contributed by atoms with Crippen molar-refractivity contribution in [3.63, 3.8) is 0 Å². The number of methoxy groups -OCH3 is 1. The Balaban J connectivity index is 1.91. The van der Waals surface area contributed by atoms with Crippen LogP contribution in [0.3, 0.4) is 0 Å². The van der Waals surface area contributed by atoms with Crippen molar-refractivity contribution in [1.82, 2.24) is 20.0 Å². The molecule has 27 heavy (non-hydrogen) atoms. The van der Waals surface area contributed by atoms with Crippen LogP contribution in [-0.4, -0.2) is 65.6 Å². The lowest BCUT2D eigenvalue weighted by molar-refractivity contribution is -0.131. The van der Waals surface area contributed by atoms with Gasteiger partial charge in [0.15, 0.2) is 0 Å². The molecular weight excluding hydrogens is 366 g/mol. The van der Waals surface area contributed by atoms with Crippen LogP contribution in [0.15, 0.2) is 24.3 Å². The second-order valence-corrected chi connectivity index (χ2v) is 6.98. The molecule has 9 heteroatoms. The van der Waals surface area contributed by atoms with E-state index in [2.05, 4.69) is 15.5 Å². The average Bonchev–Trinajstić information content (AvgIpc) is 3.11. The summed E-state index contributed by atoms with van der Waals surface area (Å²) in [6.45, 7) is 6.06. The molecule has 2 aromatic rings. The molecule has 8 nitrogen and oxygen atoms in total. The highest BCUT2D eigenvalue weighted by Gasteiger charge is 2.17.